The Morgan fingerprint density at radius 3 is 2.40 bits per heavy atom. The number of nitrogens with zero attached hydrogens (tertiary/aromatic N) is 2. The molecular formula is C19H26N4O2. The number of hydrogen-bond donors (Lipinski definition) is 2. The second-order valence-electron chi connectivity index (χ2n) is 5.80. The number of benzene rings is 1. The molecule has 1 amide bonds. The molecule has 1 aromatic carbocycles. The van der Waals surface area contributed by atoms with Crippen molar-refractivity contribution in [3.63, 3.8) is 0 Å². The van der Waals surface area contributed by atoms with Crippen LogP contribution in [0.5, 0.6) is 5.75 Å². The predicted molar refractivity (Wildman–Crippen MR) is 99.9 cm³/mol. The average molecular weight is 342 g/mol. The number of ether oxygens (including phenoxy) is 1. The van der Waals surface area contributed by atoms with E-state index in [4.69, 9.17) is 4.74 Å². The fourth-order valence-electron chi connectivity index (χ4n) is 2.62. The maximum atomic E-state index is 12.0. The summed E-state index contributed by atoms with van der Waals surface area (Å²) in [6.07, 6.45) is 2.45. The lowest BCUT2D eigenvalue weighted by Gasteiger charge is -2.12. The van der Waals surface area contributed by atoms with E-state index in [0.717, 1.165) is 30.6 Å². The highest BCUT2D eigenvalue weighted by molar-refractivity contribution is 5.91. The highest BCUT2D eigenvalue weighted by atomic mass is 16.5. The van der Waals surface area contributed by atoms with E-state index >= 15 is 0 Å². The molecule has 0 aliphatic rings. The van der Waals surface area contributed by atoms with Crippen molar-refractivity contribution >= 4 is 17.5 Å². The van der Waals surface area contributed by atoms with Crippen LogP contribution >= 0.6 is 0 Å². The van der Waals surface area contributed by atoms with Crippen LogP contribution in [0.1, 0.15) is 32.3 Å². The quantitative estimate of drug-likeness (QED) is 0.729. The fourth-order valence-corrected chi connectivity index (χ4v) is 2.62. The summed E-state index contributed by atoms with van der Waals surface area (Å²) in [5.74, 6) is 2.05. The third-order valence-corrected chi connectivity index (χ3v) is 4.17. The number of hydrogen-bond acceptors (Lipinski definition) is 5. The molecule has 6 nitrogen and oxygen atoms in total. The van der Waals surface area contributed by atoms with E-state index < -0.39 is 0 Å². The third kappa shape index (κ3) is 5.45. The van der Waals surface area contributed by atoms with Gasteiger partial charge in [-0.1, -0.05) is 32.0 Å². The number of aromatic nitrogens is 2. The van der Waals surface area contributed by atoms with Crippen LogP contribution in [0.3, 0.4) is 0 Å². The van der Waals surface area contributed by atoms with Crippen molar-refractivity contribution in [1.82, 2.24) is 10.2 Å². The Bertz CT molecular complexity index is 669. The summed E-state index contributed by atoms with van der Waals surface area (Å²) < 4.78 is 5.34. The Labute approximate surface area is 149 Å². The molecule has 0 saturated heterocycles. The molecule has 0 radical (unpaired) electrons. The van der Waals surface area contributed by atoms with Crippen LogP contribution in [0, 0.1) is 5.92 Å². The van der Waals surface area contributed by atoms with Gasteiger partial charge >= 0.3 is 0 Å². The lowest BCUT2D eigenvalue weighted by molar-refractivity contribution is -0.120. The highest BCUT2D eigenvalue weighted by Crippen LogP contribution is 2.18. The molecule has 2 rings (SSSR count). The topological polar surface area (TPSA) is 76.1 Å². The Morgan fingerprint density at radius 2 is 1.76 bits per heavy atom. The second-order valence-corrected chi connectivity index (χ2v) is 5.80. The molecule has 2 N–H and O–H groups in total. The molecule has 0 atom stereocenters. The minimum atomic E-state index is -0.00354. The van der Waals surface area contributed by atoms with Crippen LogP contribution < -0.4 is 15.4 Å². The molecule has 0 saturated carbocycles. The van der Waals surface area contributed by atoms with E-state index in [2.05, 4.69) is 20.8 Å². The van der Waals surface area contributed by atoms with Crippen molar-refractivity contribution < 1.29 is 9.53 Å². The molecule has 0 bridgehead atoms. The SMILES string of the molecule is CCC(CC)C(=O)Nc1ccc(NCCc2ccccc2OC)nn1. The van der Waals surface area contributed by atoms with Gasteiger partial charge in [0, 0.05) is 12.5 Å². The molecule has 134 valence electrons. The molecule has 0 fully saturated rings. The van der Waals surface area contributed by atoms with Gasteiger partial charge in [0.15, 0.2) is 5.82 Å². The van der Waals surface area contributed by atoms with Gasteiger partial charge in [0.1, 0.15) is 11.6 Å². The molecule has 2 aromatic rings. The summed E-state index contributed by atoms with van der Waals surface area (Å²) in [5, 5.41) is 14.2. The zero-order valence-electron chi connectivity index (χ0n) is 15.1. The predicted octanol–water partition coefficient (Wildman–Crippen LogP) is 3.51. The number of nitrogens with one attached hydrogen (secondary N) is 2. The standard InChI is InChI=1S/C19H26N4O2/c1-4-14(5-2)19(24)21-18-11-10-17(22-23-18)20-13-12-15-8-6-7-9-16(15)25-3/h6-11,14H,4-5,12-13H2,1-3H3,(H,20,22)(H,21,23,24). The van der Waals surface area contributed by atoms with E-state index in [9.17, 15) is 4.79 Å². The zero-order valence-corrected chi connectivity index (χ0v) is 15.1. The minimum Gasteiger partial charge on any atom is -0.496 e. The van der Waals surface area contributed by atoms with Gasteiger partial charge < -0.3 is 15.4 Å². The van der Waals surface area contributed by atoms with Crippen LogP contribution in [0.25, 0.3) is 0 Å². The lowest BCUT2D eigenvalue weighted by Crippen LogP contribution is -2.22. The summed E-state index contributed by atoms with van der Waals surface area (Å²) in [5.41, 5.74) is 1.14. The number of amides is 1. The lowest BCUT2D eigenvalue weighted by atomic mass is 10.0. The Kier molecular flexibility index (Phi) is 7.19. The number of anilines is 2. The number of methoxy groups -OCH3 is 1. The summed E-state index contributed by atoms with van der Waals surface area (Å²) in [4.78, 5) is 12.0. The van der Waals surface area contributed by atoms with Gasteiger partial charge in [-0.15, -0.1) is 10.2 Å². The van der Waals surface area contributed by atoms with Crippen LogP contribution in [-0.4, -0.2) is 29.8 Å². The first-order valence-corrected chi connectivity index (χ1v) is 8.68. The van der Waals surface area contributed by atoms with Gasteiger partial charge in [0.2, 0.25) is 5.91 Å². The average Bonchev–Trinajstić information content (AvgIpc) is 2.64. The molecule has 0 aliphatic carbocycles. The number of carbonyl (C=O) groups excluding carboxylic acids is 1. The Balaban J connectivity index is 1.85. The van der Waals surface area contributed by atoms with Crippen molar-refractivity contribution in [2.24, 2.45) is 5.92 Å². The van der Waals surface area contributed by atoms with E-state index in [1.54, 1.807) is 13.2 Å². The van der Waals surface area contributed by atoms with Gasteiger partial charge in [0.05, 0.1) is 7.11 Å². The fraction of sp³-hybridized carbons (Fsp3) is 0.421. The summed E-state index contributed by atoms with van der Waals surface area (Å²) >= 11 is 0. The normalized spacial score (nSPS) is 10.6. The molecular weight excluding hydrogens is 316 g/mol. The number of carbonyl (C=O) groups is 1. The van der Waals surface area contributed by atoms with Gasteiger partial charge in [-0.05, 0) is 43.0 Å². The molecule has 1 heterocycles. The van der Waals surface area contributed by atoms with Gasteiger partial charge in [-0.25, -0.2) is 0 Å². The second kappa shape index (κ2) is 9.61. The Hall–Kier alpha value is -2.63. The smallest absolute Gasteiger partial charge is 0.228 e. The van der Waals surface area contributed by atoms with Crippen LogP contribution in [0.2, 0.25) is 0 Å². The first kappa shape index (κ1) is 18.7. The van der Waals surface area contributed by atoms with Gasteiger partial charge in [0.25, 0.3) is 0 Å². The van der Waals surface area contributed by atoms with Crippen LogP contribution in [0.4, 0.5) is 11.6 Å². The maximum Gasteiger partial charge on any atom is 0.228 e. The first-order valence-electron chi connectivity index (χ1n) is 8.68. The zero-order chi connectivity index (χ0) is 18.1. The molecule has 1 aromatic heterocycles. The highest BCUT2D eigenvalue weighted by Gasteiger charge is 2.14. The van der Waals surface area contributed by atoms with E-state index in [-0.39, 0.29) is 11.8 Å². The van der Waals surface area contributed by atoms with Crippen LogP contribution in [0.15, 0.2) is 36.4 Å². The monoisotopic (exact) mass is 342 g/mol. The summed E-state index contributed by atoms with van der Waals surface area (Å²) in [6, 6.07) is 11.5. The van der Waals surface area contributed by atoms with E-state index in [0.29, 0.717) is 18.2 Å². The largest absolute Gasteiger partial charge is 0.496 e. The van der Waals surface area contributed by atoms with E-state index in [1.807, 2.05) is 44.2 Å². The van der Waals surface area contributed by atoms with Crippen molar-refractivity contribution in [2.45, 2.75) is 33.1 Å². The number of para-hydroxylation sites is 1. The molecule has 0 aliphatic heterocycles. The van der Waals surface area contributed by atoms with Crippen molar-refractivity contribution in [3.05, 3.63) is 42.0 Å². The summed E-state index contributed by atoms with van der Waals surface area (Å²) in [6.45, 7) is 4.73. The van der Waals surface area contributed by atoms with Crippen molar-refractivity contribution in [2.75, 3.05) is 24.3 Å². The van der Waals surface area contributed by atoms with E-state index in [1.165, 1.54) is 0 Å². The molecule has 6 heteroatoms. The van der Waals surface area contributed by atoms with Crippen molar-refractivity contribution in [3.8, 4) is 5.75 Å². The molecule has 0 unspecified atom stereocenters. The maximum absolute atomic E-state index is 12.0. The Morgan fingerprint density at radius 1 is 1.08 bits per heavy atom. The van der Waals surface area contributed by atoms with Gasteiger partial charge in [-0.3, -0.25) is 4.79 Å². The first-order chi connectivity index (χ1) is 12.2. The molecule has 25 heavy (non-hydrogen) atoms. The third-order valence-electron chi connectivity index (χ3n) is 4.17. The molecule has 0 spiro atoms. The summed E-state index contributed by atoms with van der Waals surface area (Å²) in [7, 11) is 1.67. The van der Waals surface area contributed by atoms with Crippen molar-refractivity contribution in [1.29, 1.82) is 0 Å². The minimum absolute atomic E-state index is 0.00354. The van der Waals surface area contributed by atoms with Gasteiger partial charge in [-0.2, -0.15) is 0 Å². The number of rotatable bonds is 9. The van der Waals surface area contributed by atoms with Crippen LogP contribution in [-0.2, 0) is 11.2 Å².